The van der Waals surface area contributed by atoms with Crippen LogP contribution in [-0.2, 0) is 26.2 Å². The fraction of sp³-hybridized carbons (Fsp3) is 0.391. The minimum Gasteiger partial charge on any atom is -0.480 e. The Hall–Kier alpha value is -2.46. The summed E-state index contributed by atoms with van der Waals surface area (Å²) < 4.78 is 27.9. The Kier molecular flexibility index (Phi) is 9.42. The Bertz CT molecular complexity index is 1050. The molecule has 0 unspecified atom stereocenters. The second-order valence-electron chi connectivity index (χ2n) is 8.47. The fourth-order valence-electron chi connectivity index (χ4n) is 3.25. The third-order valence-electron chi connectivity index (χ3n) is 4.78. The average molecular weight is 496 g/mol. The molecule has 8 nitrogen and oxygen atoms in total. The van der Waals surface area contributed by atoms with Gasteiger partial charge in [-0.15, -0.1) is 0 Å². The predicted molar refractivity (Wildman–Crippen MR) is 129 cm³/mol. The largest absolute Gasteiger partial charge is 0.480 e. The van der Waals surface area contributed by atoms with Gasteiger partial charge in [0.2, 0.25) is 15.9 Å². The first-order chi connectivity index (χ1) is 15.4. The lowest BCUT2D eigenvalue weighted by molar-refractivity contribution is -0.142. The van der Waals surface area contributed by atoms with E-state index in [1.54, 1.807) is 43.3 Å². The lowest BCUT2D eigenvalue weighted by Gasteiger charge is -2.29. The van der Waals surface area contributed by atoms with Gasteiger partial charge in [-0.2, -0.15) is 4.31 Å². The SMILES string of the molecule is CC(C)C[C@H](C(=O)O)N(Cc1ccc(NC(=O)CN(C)C)cc1)S(=O)(=O)c1ccc(Cl)cc1. The van der Waals surface area contributed by atoms with E-state index < -0.39 is 22.0 Å². The summed E-state index contributed by atoms with van der Waals surface area (Å²) >= 11 is 5.90. The van der Waals surface area contributed by atoms with Crippen molar-refractivity contribution in [1.29, 1.82) is 0 Å². The molecule has 0 radical (unpaired) electrons. The van der Waals surface area contributed by atoms with Crippen LogP contribution in [0.2, 0.25) is 5.02 Å². The fourth-order valence-corrected chi connectivity index (χ4v) is 4.96. The van der Waals surface area contributed by atoms with Crippen LogP contribution < -0.4 is 5.32 Å². The number of carboxylic acid groups (broad SMARTS) is 1. The number of likely N-dealkylation sites (N-methyl/N-ethyl adjacent to an activating group) is 1. The third kappa shape index (κ3) is 7.82. The molecule has 0 saturated carbocycles. The number of nitrogens with one attached hydrogen (secondary N) is 1. The molecule has 1 amide bonds. The van der Waals surface area contributed by atoms with Gasteiger partial charge in [-0.05, 0) is 68.4 Å². The molecule has 0 aliphatic carbocycles. The highest BCUT2D eigenvalue weighted by atomic mass is 35.5. The summed E-state index contributed by atoms with van der Waals surface area (Å²) in [6.07, 6.45) is 0.154. The number of aliphatic carboxylic acids is 1. The van der Waals surface area contributed by atoms with Crippen molar-refractivity contribution >= 4 is 39.2 Å². The molecule has 2 N–H and O–H groups in total. The first-order valence-corrected chi connectivity index (χ1v) is 12.3. The zero-order valence-electron chi connectivity index (χ0n) is 19.2. The van der Waals surface area contributed by atoms with Crippen LogP contribution in [0.25, 0.3) is 0 Å². The number of halogens is 1. The number of nitrogens with zero attached hydrogens (tertiary/aromatic N) is 2. The quantitative estimate of drug-likeness (QED) is 0.494. The number of carboxylic acids is 1. The molecule has 2 aromatic carbocycles. The maximum Gasteiger partial charge on any atom is 0.322 e. The predicted octanol–water partition coefficient (Wildman–Crippen LogP) is 3.53. The first kappa shape index (κ1) is 26.8. The average Bonchev–Trinajstić information content (AvgIpc) is 2.71. The van der Waals surface area contributed by atoms with Crippen LogP contribution in [0.15, 0.2) is 53.4 Å². The van der Waals surface area contributed by atoms with E-state index in [1.165, 1.54) is 24.3 Å². The summed E-state index contributed by atoms with van der Waals surface area (Å²) in [6.45, 7) is 3.77. The van der Waals surface area contributed by atoms with Gasteiger partial charge in [0.05, 0.1) is 11.4 Å². The number of hydrogen-bond donors (Lipinski definition) is 2. The topological polar surface area (TPSA) is 107 Å². The van der Waals surface area contributed by atoms with Crippen LogP contribution in [0, 0.1) is 5.92 Å². The van der Waals surface area contributed by atoms with E-state index >= 15 is 0 Å². The maximum atomic E-state index is 13.4. The minimum absolute atomic E-state index is 0.0329. The zero-order valence-corrected chi connectivity index (χ0v) is 20.7. The zero-order chi connectivity index (χ0) is 24.8. The highest BCUT2D eigenvalue weighted by Crippen LogP contribution is 2.26. The Labute approximate surface area is 200 Å². The second-order valence-corrected chi connectivity index (χ2v) is 10.8. The first-order valence-electron chi connectivity index (χ1n) is 10.4. The van der Waals surface area contributed by atoms with Gasteiger partial charge in [-0.3, -0.25) is 9.59 Å². The Morgan fingerprint density at radius 2 is 1.61 bits per heavy atom. The lowest BCUT2D eigenvalue weighted by atomic mass is 10.0. The van der Waals surface area contributed by atoms with E-state index in [-0.39, 0.29) is 36.2 Å². The normalized spacial score (nSPS) is 12.8. The summed E-state index contributed by atoms with van der Waals surface area (Å²) in [7, 11) is -0.558. The maximum absolute atomic E-state index is 13.4. The number of carbonyl (C=O) groups is 2. The molecule has 0 saturated heterocycles. The summed E-state index contributed by atoms with van der Waals surface area (Å²) in [5, 5.41) is 13.0. The summed E-state index contributed by atoms with van der Waals surface area (Å²) in [6, 6.07) is 11.1. The minimum atomic E-state index is -4.13. The molecule has 1 atom stereocenters. The Morgan fingerprint density at radius 1 is 1.03 bits per heavy atom. The van der Waals surface area contributed by atoms with Crippen LogP contribution >= 0.6 is 11.6 Å². The van der Waals surface area contributed by atoms with Crippen molar-refractivity contribution in [3.05, 3.63) is 59.1 Å². The van der Waals surface area contributed by atoms with Crippen molar-refractivity contribution in [1.82, 2.24) is 9.21 Å². The molecule has 0 spiro atoms. The van der Waals surface area contributed by atoms with E-state index in [2.05, 4.69) is 5.32 Å². The number of benzene rings is 2. The number of hydrogen-bond acceptors (Lipinski definition) is 5. The van der Waals surface area contributed by atoms with E-state index in [0.717, 1.165) is 4.31 Å². The van der Waals surface area contributed by atoms with Crippen molar-refractivity contribution in [3.8, 4) is 0 Å². The van der Waals surface area contributed by atoms with E-state index in [0.29, 0.717) is 16.3 Å². The van der Waals surface area contributed by atoms with E-state index in [1.807, 2.05) is 13.8 Å². The van der Waals surface area contributed by atoms with Gasteiger partial charge in [-0.1, -0.05) is 37.6 Å². The highest BCUT2D eigenvalue weighted by Gasteiger charge is 2.36. The van der Waals surface area contributed by atoms with Crippen LogP contribution in [0.3, 0.4) is 0 Å². The standard InChI is InChI=1S/C23H30ClN3O5S/c1-16(2)13-21(23(29)30)27(33(31,32)20-11-7-18(24)8-12-20)14-17-5-9-19(10-6-17)25-22(28)15-26(3)4/h5-12,16,21H,13-15H2,1-4H3,(H,25,28)(H,29,30)/t21-/m1/s1. The van der Waals surface area contributed by atoms with Gasteiger partial charge < -0.3 is 15.3 Å². The molecular weight excluding hydrogens is 466 g/mol. The number of rotatable bonds is 11. The van der Waals surface area contributed by atoms with E-state index in [9.17, 15) is 23.1 Å². The van der Waals surface area contributed by atoms with Crippen molar-refractivity contribution in [2.75, 3.05) is 26.0 Å². The van der Waals surface area contributed by atoms with Crippen LogP contribution in [0.4, 0.5) is 5.69 Å². The van der Waals surface area contributed by atoms with Gasteiger partial charge >= 0.3 is 5.97 Å². The number of anilines is 1. The number of amides is 1. The molecular formula is C23H30ClN3O5S. The molecule has 0 bridgehead atoms. The van der Waals surface area contributed by atoms with Crippen LogP contribution in [0.1, 0.15) is 25.8 Å². The molecule has 10 heteroatoms. The highest BCUT2D eigenvalue weighted by molar-refractivity contribution is 7.89. The molecule has 180 valence electrons. The molecule has 0 aromatic heterocycles. The van der Waals surface area contributed by atoms with Crippen LogP contribution in [0.5, 0.6) is 0 Å². The van der Waals surface area contributed by atoms with Crippen molar-refractivity contribution < 1.29 is 23.1 Å². The smallest absolute Gasteiger partial charge is 0.322 e. The molecule has 0 heterocycles. The summed E-state index contributed by atoms with van der Waals surface area (Å²) in [5.74, 6) is -1.43. The lowest BCUT2D eigenvalue weighted by Crippen LogP contribution is -2.45. The van der Waals surface area contributed by atoms with Crippen molar-refractivity contribution in [2.45, 2.75) is 37.8 Å². The van der Waals surface area contributed by atoms with Gasteiger partial charge in [0, 0.05) is 17.3 Å². The molecule has 0 fully saturated rings. The molecule has 2 rings (SSSR count). The number of sulfonamides is 1. The summed E-state index contributed by atoms with van der Waals surface area (Å²) in [5.41, 5.74) is 1.16. The van der Waals surface area contributed by atoms with Gasteiger partial charge in [0.25, 0.3) is 0 Å². The Balaban J connectivity index is 2.37. The molecule has 0 aliphatic rings. The monoisotopic (exact) mass is 495 g/mol. The van der Waals surface area contributed by atoms with Gasteiger partial charge in [0.1, 0.15) is 6.04 Å². The summed E-state index contributed by atoms with van der Waals surface area (Å²) in [4.78, 5) is 25.7. The van der Waals surface area contributed by atoms with Crippen LogP contribution in [-0.4, -0.2) is 61.3 Å². The van der Waals surface area contributed by atoms with Gasteiger partial charge in [0.15, 0.2) is 0 Å². The van der Waals surface area contributed by atoms with E-state index in [4.69, 9.17) is 11.6 Å². The molecule has 2 aromatic rings. The number of carbonyl (C=O) groups excluding carboxylic acids is 1. The third-order valence-corrected chi connectivity index (χ3v) is 6.90. The van der Waals surface area contributed by atoms with Gasteiger partial charge in [-0.25, -0.2) is 8.42 Å². The second kappa shape index (κ2) is 11.6. The molecule has 0 aliphatic heterocycles. The Morgan fingerprint density at radius 3 is 2.09 bits per heavy atom. The molecule has 33 heavy (non-hydrogen) atoms. The van der Waals surface area contributed by atoms with Crippen molar-refractivity contribution in [3.63, 3.8) is 0 Å². The van der Waals surface area contributed by atoms with Crippen molar-refractivity contribution in [2.24, 2.45) is 5.92 Å².